The van der Waals surface area contributed by atoms with Gasteiger partial charge in [0.15, 0.2) is 0 Å². The Bertz CT molecular complexity index is 815. The fourth-order valence-corrected chi connectivity index (χ4v) is 4.07. The lowest BCUT2D eigenvalue weighted by molar-refractivity contribution is 0.0667. The van der Waals surface area contributed by atoms with Gasteiger partial charge in [-0.2, -0.15) is 0 Å². The molecule has 0 unspecified atom stereocenters. The molecule has 5 heteroatoms. The summed E-state index contributed by atoms with van der Waals surface area (Å²) in [6.45, 7) is 4.57. The predicted octanol–water partition coefficient (Wildman–Crippen LogP) is 3.24. The van der Waals surface area contributed by atoms with Crippen molar-refractivity contribution in [2.75, 3.05) is 39.8 Å². The molecule has 0 aliphatic carbocycles. The molecule has 2 aromatic carbocycles. The van der Waals surface area contributed by atoms with Crippen molar-refractivity contribution in [1.29, 1.82) is 0 Å². The smallest absolute Gasteiger partial charge is 0.254 e. The minimum Gasteiger partial charge on any atom is -0.497 e. The van der Waals surface area contributed by atoms with E-state index >= 15 is 0 Å². The predicted molar refractivity (Wildman–Crippen MR) is 109 cm³/mol. The Labute approximate surface area is 166 Å². The van der Waals surface area contributed by atoms with Gasteiger partial charge in [-0.3, -0.25) is 4.79 Å². The molecule has 2 aromatic rings. The molecular weight excluding hydrogens is 352 g/mol. The molecule has 2 aliphatic rings. The third-order valence-corrected chi connectivity index (χ3v) is 5.75. The topological polar surface area (TPSA) is 42.0 Å². The summed E-state index contributed by atoms with van der Waals surface area (Å²) < 4.78 is 11.4. The first-order valence-corrected chi connectivity index (χ1v) is 10.1. The van der Waals surface area contributed by atoms with Gasteiger partial charge in [0, 0.05) is 44.4 Å². The van der Waals surface area contributed by atoms with Crippen LogP contribution in [0.2, 0.25) is 0 Å². The second-order valence-corrected chi connectivity index (χ2v) is 7.54. The van der Waals surface area contributed by atoms with Crippen LogP contribution in [0.3, 0.4) is 0 Å². The number of carbonyl (C=O) groups is 1. The van der Waals surface area contributed by atoms with Crippen LogP contribution in [0.15, 0.2) is 48.5 Å². The van der Waals surface area contributed by atoms with Crippen LogP contribution in [0.5, 0.6) is 11.5 Å². The molecule has 0 bridgehead atoms. The molecule has 0 saturated carbocycles. The molecule has 2 heterocycles. The molecule has 4 rings (SSSR count). The van der Waals surface area contributed by atoms with E-state index in [1.54, 1.807) is 7.11 Å². The van der Waals surface area contributed by atoms with Crippen molar-refractivity contribution >= 4 is 5.91 Å². The van der Waals surface area contributed by atoms with Gasteiger partial charge in [0.1, 0.15) is 17.6 Å². The number of ether oxygens (including phenoxy) is 2. The molecule has 0 radical (unpaired) electrons. The van der Waals surface area contributed by atoms with Crippen molar-refractivity contribution in [3.63, 3.8) is 0 Å². The molecular formula is C23H28N2O3. The molecule has 1 fully saturated rings. The van der Waals surface area contributed by atoms with Gasteiger partial charge in [0.25, 0.3) is 5.91 Å². The number of fused-ring (bicyclic) bond motifs is 1. The summed E-state index contributed by atoms with van der Waals surface area (Å²) in [4.78, 5) is 17.1. The molecule has 148 valence electrons. The number of methoxy groups -OCH3 is 1. The summed E-state index contributed by atoms with van der Waals surface area (Å²) in [5, 5.41) is 0. The van der Waals surface area contributed by atoms with E-state index in [1.807, 2.05) is 47.4 Å². The maximum absolute atomic E-state index is 12.7. The molecule has 0 N–H and O–H groups in total. The minimum atomic E-state index is 0.179. The van der Waals surface area contributed by atoms with Crippen LogP contribution in [-0.4, -0.2) is 61.6 Å². The first-order valence-electron chi connectivity index (χ1n) is 10.1. The van der Waals surface area contributed by atoms with Crippen LogP contribution in [0.4, 0.5) is 0 Å². The van der Waals surface area contributed by atoms with E-state index < -0.39 is 0 Å². The number of carbonyl (C=O) groups excluding carboxylic acids is 1. The highest BCUT2D eigenvalue weighted by Gasteiger charge is 2.25. The number of rotatable bonds is 6. The second kappa shape index (κ2) is 8.65. The van der Waals surface area contributed by atoms with Gasteiger partial charge >= 0.3 is 0 Å². The molecule has 1 saturated heterocycles. The number of amides is 1. The van der Waals surface area contributed by atoms with Gasteiger partial charge in [-0.25, -0.2) is 0 Å². The number of likely N-dealkylation sites (tertiary alicyclic amines) is 1. The monoisotopic (exact) mass is 380 g/mol. The zero-order valence-electron chi connectivity index (χ0n) is 16.5. The number of hydrogen-bond donors (Lipinski definition) is 0. The normalized spacial score (nSPS) is 18.0. The molecule has 28 heavy (non-hydrogen) atoms. The van der Waals surface area contributed by atoms with Crippen LogP contribution in [-0.2, 0) is 6.42 Å². The van der Waals surface area contributed by atoms with Crippen molar-refractivity contribution in [3.05, 3.63) is 59.7 Å². The van der Waals surface area contributed by atoms with Gasteiger partial charge in [-0.1, -0.05) is 24.3 Å². The van der Waals surface area contributed by atoms with Gasteiger partial charge in [-0.15, -0.1) is 0 Å². The first-order chi connectivity index (χ1) is 13.7. The standard InChI is InChI=1S/C23H28N2O3/c1-27-20-6-4-7-21(17-20)28-19-10-12-24(13-11-19)15-16-25-14-9-18-5-2-3-8-22(18)23(25)26/h2-8,17,19H,9-16H2,1H3. The molecule has 0 atom stereocenters. The van der Waals surface area contributed by atoms with E-state index in [0.717, 1.165) is 69.0 Å². The van der Waals surface area contributed by atoms with E-state index in [1.165, 1.54) is 5.56 Å². The number of benzene rings is 2. The Morgan fingerprint density at radius 2 is 1.75 bits per heavy atom. The summed E-state index contributed by atoms with van der Waals surface area (Å²) in [6.07, 6.45) is 3.22. The Hall–Kier alpha value is -2.53. The Kier molecular flexibility index (Phi) is 5.81. The Balaban J connectivity index is 1.23. The number of nitrogens with zero attached hydrogens (tertiary/aromatic N) is 2. The van der Waals surface area contributed by atoms with Gasteiger partial charge < -0.3 is 19.3 Å². The number of piperidine rings is 1. The Morgan fingerprint density at radius 3 is 2.57 bits per heavy atom. The highest BCUT2D eigenvalue weighted by Crippen LogP contribution is 2.23. The van der Waals surface area contributed by atoms with E-state index in [-0.39, 0.29) is 12.0 Å². The van der Waals surface area contributed by atoms with E-state index in [9.17, 15) is 4.79 Å². The van der Waals surface area contributed by atoms with Crippen molar-refractivity contribution < 1.29 is 14.3 Å². The highest BCUT2D eigenvalue weighted by atomic mass is 16.5. The molecule has 0 aromatic heterocycles. The molecule has 2 aliphatic heterocycles. The van der Waals surface area contributed by atoms with Crippen molar-refractivity contribution in [3.8, 4) is 11.5 Å². The molecule has 1 amide bonds. The summed E-state index contributed by atoms with van der Waals surface area (Å²) in [6, 6.07) is 15.8. The zero-order chi connectivity index (χ0) is 19.3. The van der Waals surface area contributed by atoms with Gasteiger partial charge in [0.2, 0.25) is 0 Å². The summed E-state index contributed by atoms with van der Waals surface area (Å²) in [5.41, 5.74) is 2.05. The number of hydrogen-bond acceptors (Lipinski definition) is 4. The average Bonchev–Trinajstić information content (AvgIpc) is 2.75. The molecule has 5 nitrogen and oxygen atoms in total. The van der Waals surface area contributed by atoms with Crippen molar-refractivity contribution in [2.45, 2.75) is 25.4 Å². The van der Waals surface area contributed by atoms with Crippen molar-refractivity contribution in [1.82, 2.24) is 9.80 Å². The van der Waals surface area contributed by atoms with E-state index in [4.69, 9.17) is 9.47 Å². The summed E-state index contributed by atoms with van der Waals surface area (Å²) >= 11 is 0. The van der Waals surface area contributed by atoms with E-state index in [0.29, 0.717) is 0 Å². The second-order valence-electron chi connectivity index (χ2n) is 7.54. The van der Waals surface area contributed by atoms with Crippen LogP contribution in [0.1, 0.15) is 28.8 Å². The van der Waals surface area contributed by atoms with Gasteiger partial charge in [0.05, 0.1) is 7.11 Å². The molecule has 0 spiro atoms. The fourth-order valence-electron chi connectivity index (χ4n) is 4.07. The van der Waals surface area contributed by atoms with Crippen LogP contribution in [0.25, 0.3) is 0 Å². The maximum Gasteiger partial charge on any atom is 0.254 e. The zero-order valence-corrected chi connectivity index (χ0v) is 16.5. The maximum atomic E-state index is 12.7. The third kappa shape index (κ3) is 4.30. The van der Waals surface area contributed by atoms with Gasteiger partial charge in [-0.05, 0) is 43.0 Å². The largest absolute Gasteiger partial charge is 0.497 e. The summed E-state index contributed by atoms with van der Waals surface area (Å²) in [7, 11) is 1.67. The lowest BCUT2D eigenvalue weighted by Crippen LogP contribution is -2.45. The Morgan fingerprint density at radius 1 is 0.964 bits per heavy atom. The van der Waals surface area contributed by atoms with Crippen LogP contribution < -0.4 is 9.47 Å². The minimum absolute atomic E-state index is 0.179. The summed E-state index contributed by atoms with van der Waals surface area (Å²) in [5.74, 6) is 1.87. The van der Waals surface area contributed by atoms with E-state index in [2.05, 4.69) is 11.0 Å². The lowest BCUT2D eigenvalue weighted by Gasteiger charge is -2.35. The first kappa shape index (κ1) is 18.8. The average molecular weight is 380 g/mol. The van der Waals surface area contributed by atoms with Crippen molar-refractivity contribution in [2.24, 2.45) is 0 Å². The van der Waals surface area contributed by atoms with Crippen LogP contribution >= 0.6 is 0 Å². The lowest BCUT2D eigenvalue weighted by atomic mass is 9.99. The quantitative estimate of drug-likeness (QED) is 0.772. The van der Waals surface area contributed by atoms with Crippen LogP contribution in [0, 0.1) is 0 Å². The third-order valence-electron chi connectivity index (χ3n) is 5.75. The highest BCUT2D eigenvalue weighted by molar-refractivity contribution is 5.96. The SMILES string of the molecule is COc1cccc(OC2CCN(CCN3CCc4ccccc4C3=O)CC2)c1. The fraction of sp³-hybridized carbons (Fsp3) is 0.435.